The summed E-state index contributed by atoms with van der Waals surface area (Å²) in [6.07, 6.45) is 0. The van der Waals surface area contributed by atoms with Gasteiger partial charge in [-0.3, -0.25) is 4.79 Å². The van der Waals surface area contributed by atoms with Crippen molar-refractivity contribution >= 4 is 22.5 Å². The van der Waals surface area contributed by atoms with E-state index in [4.69, 9.17) is 9.47 Å². The molecule has 0 spiro atoms. The van der Waals surface area contributed by atoms with Crippen molar-refractivity contribution in [3.8, 4) is 11.5 Å². The van der Waals surface area contributed by atoms with Gasteiger partial charge in [-0.05, 0) is 74.4 Å². The molecule has 0 saturated carbocycles. The van der Waals surface area contributed by atoms with E-state index in [-0.39, 0.29) is 5.91 Å². The first-order chi connectivity index (χ1) is 15.6. The second-order valence-corrected chi connectivity index (χ2v) is 7.58. The van der Waals surface area contributed by atoms with Gasteiger partial charge in [0.25, 0.3) is 5.91 Å². The first-order valence-corrected chi connectivity index (χ1v) is 10.9. The molecule has 1 heterocycles. The second-order valence-electron chi connectivity index (χ2n) is 7.58. The van der Waals surface area contributed by atoms with Gasteiger partial charge in [-0.2, -0.15) is 0 Å². The van der Waals surface area contributed by atoms with Gasteiger partial charge in [0.2, 0.25) is 0 Å². The van der Waals surface area contributed by atoms with E-state index >= 15 is 0 Å². The van der Waals surface area contributed by atoms with Crippen LogP contribution in [0.1, 0.15) is 35.5 Å². The van der Waals surface area contributed by atoms with Crippen molar-refractivity contribution in [3.05, 3.63) is 89.6 Å². The molecule has 164 valence electrons. The fourth-order valence-corrected chi connectivity index (χ4v) is 3.94. The second kappa shape index (κ2) is 9.60. The van der Waals surface area contributed by atoms with Gasteiger partial charge in [0.15, 0.2) is 0 Å². The van der Waals surface area contributed by atoms with Crippen LogP contribution in [0.2, 0.25) is 0 Å². The average Bonchev–Trinajstić information content (AvgIpc) is 3.10. The summed E-state index contributed by atoms with van der Waals surface area (Å²) < 4.78 is 13.5. The molecule has 32 heavy (non-hydrogen) atoms. The molecule has 0 aliphatic carbocycles. The van der Waals surface area contributed by atoms with Crippen LogP contribution in [-0.2, 0) is 13.2 Å². The van der Waals surface area contributed by atoms with Crippen LogP contribution in [-0.4, -0.2) is 17.1 Å². The molecule has 0 fully saturated rings. The number of hydrogen-bond acceptors (Lipinski definition) is 3. The van der Waals surface area contributed by atoms with Crippen LogP contribution in [0.3, 0.4) is 0 Å². The Bertz CT molecular complexity index is 1210. The Balaban J connectivity index is 1.51. The predicted octanol–water partition coefficient (Wildman–Crippen LogP) is 6.20. The van der Waals surface area contributed by atoms with E-state index in [9.17, 15) is 4.79 Å². The molecular weight excluding hydrogens is 400 g/mol. The number of rotatable bonds is 8. The minimum Gasteiger partial charge on any atom is -0.494 e. The lowest BCUT2D eigenvalue weighted by molar-refractivity contribution is 0.101. The summed E-state index contributed by atoms with van der Waals surface area (Å²) in [7, 11) is 0. The first-order valence-electron chi connectivity index (χ1n) is 10.9. The summed E-state index contributed by atoms with van der Waals surface area (Å²) in [5, 5.41) is 4.06. The van der Waals surface area contributed by atoms with Crippen molar-refractivity contribution in [2.24, 2.45) is 0 Å². The highest BCUT2D eigenvalue weighted by molar-refractivity contribution is 6.08. The molecule has 0 saturated heterocycles. The van der Waals surface area contributed by atoms with E-state index in [1.807, 2.05) is 98.1 Å². The topological polar surface area (TPSA) is 52.5 Å². The van der Waals surface area contributed by atoms with Crippen molar-refractivity contribution in [1.29, 1.82) is 0 Å². The van der Waals surface area contributed by atoms with Crippen LogP contribution in [0, 0.1) is 6.92 Å². The molecule has 0 unspecified atom stereocenters. The summed E-state index contributed by atoms with van der Waals surface area (Å²) >= 11 is 0. The quantitative estimate of drug-likeness (QED) is 0.363. The number of nitrogens with one attached hydrogen (secondary N) is 1. The zero-order valence-electron chi connectivity index (χ0n) is 18.7. The molecule has 5 nitrogen and oxygen atoms in total. The van der Waals surface area contributed by atoms with Crippen molar-refractivity contribution in [2.45, 2.75) is 33.9 Å². The first kappa shape index (κ1) is 21.5. The number of ether oxygens (including phenoxy) is 2. The molecule has 0 aliphatic rings. The Kier molecular flexibility index (Phi) is 6.45. The van der Waals surface area contributed by atoms with Gasteiger partial charge in [-0.1, -0.05) is 30.3 Å². The Morgan fingerprint density at radius 3 is 2.31 bits per heavy atom. The molecule has 0 bridgehead atoms. The Morgan fingerprint density at radius 2 is 1.62 bits per heavy atom. The van der Waals surface area contributed by atoms with E-state index in [2.05, 4.69) is 5.32 Å². The number of benzene rings is 3. The van der Waals surface area contributed by atoms with Crippen molar-refractivity contribution in [1.82, 2.24) is 4.57 Å². The number of hydrogen-bond donors (Lipinski definition) is 1. The normalized spacial score (nSPS) is 10.8. The third kappa shape index (κ3) is 4.47. The van der Waals surface area contributed by atoms with Crippen LogP contribution in [0.4, 0.5) is 5.69 Å². The van der Waals surface area contributed by atoms with Crippen LogP contribution in [0.25, 0.3) is 10.9 Å². The van der Waals surface area contributed by atoms with E-state index in [1.165, 1.54) is 0 Å². The summed E-state index contributed by atoms with van der Waals surface area (Å²) in [6, 6.07) is 23.5. The fraction of sp³-hybridized carbons (Fsp3) is 0.222. The number of aryl methyl sites for hydroxylation is 2. The van der Waals surface area contributed by atoms with E-state index in [1.54, 1.807) is 0 Å². The molecule has 4 aromatic rings. The molecule has 3 aromatic carbocycles. The number of carbonyl (C=O) groups excluding carboxylic acids is 1. The predicted molar refractivity (Wildman–Crippen MR) is 129 cm³/mol. The summed E-state index contributed by atoms with van der Waals surface area (Å²) in [4.78, 5) is 13.2. The maximum absolute atomic E-state index is 13.2. The lowest BCUT2D eigenvalue weighted by atomic mass is 10.1. The van der Waals surface area contributed by atoms with Gasteiger partial charge in [-0.15, -0.1) is 0 Å². The summed E-state index contributed by atoms with van der Waals surface area (Å²) in [5.74, 6) is 1.44. The summed E-state index contributed by atoms with van der Waals surface area (Å²) in [6.45, 7) is 7.81. The number of anilines is 1. The smallest absolute Gasteiger partial charge is 0.272 e. The zero-order valence-corrected chi connectivity index (χ0v) is 18.7. The Labute approximate surface area is 188 Å². The summed E-state index contributed by atoms with van der Waals surface area (Å²) in [5.41, 5.74) is 4.48. The van der Waals surface area contributed by atoms with Crippen LogP contribution < -0.4 is 14.8 Å². The SMILES string of the molecule is CCOc1ccc2c(c1)c(C)c(C(=O)Nc1ccc(OCc3ccccc3)cc1)n2CC. The van der Waals surface area contributed by atoms with Crippen LogP contribution in [0.5, 0.6) is 11.5 Å². The Morgan fingerprint density at radius 1 is 0.906 bits per heavy atom. The fourth-order valence-electron chi connectivity index (χ4n) is 3.94. The molecule has 0 radical (unpaired) electrons. The zero-order chi connectivity index (χ0) is 22.5. The molecule has 1 aromatic heterocycles. The number of carbonyl (C=O) groups is 1. The molecule has 5 heteroatoms. The Hall–Kier alpha value is -3.73. The maximum Gasteiger partial charge on any atom is 0.272 e. The number of fused-ring (bicyclic) bond motifs is 1. The molecular formula is C27H28N2O3. The standard InChI is InChI=1S/C27H28N2O3/c1-4-29-25-16-15-23(31-5-2)17-24(25)19(3)26(29)27(30)28-21-11-13-22(14-12-21)32-18-20-9-7-6-8-10-20/h6-17H,4-5,18H2,1-3H3,(H,28,30). The molecule has 0 atom stereocenters. The van der Waals surface area contributed by atoms with Gasteiger partial charge < -0.3 is 19.4 Å². The van der Waals surface area contributed by atoms with Crippen LogP contribution in [0.15, 0.2) is 72.8 Å². The van der Waals surface area contributed by atoms with Crippen molar-refractivity contribution in [3.63, 3.8) is 0 Å². The van der Waals surface area contributed by atoms with Gasteiger partial charge in [0, 0.05) is 23.1 Å². The molecule has 1 amide bonds. The van der Waals surface area contributed by atoms with Crippen molar-refractivity contribution < 1.29 is 14.3 Å². The number of amides is 1. The van der Waals surface area contributed by atoms with Gasteiger partial charge >= 0.3 is 0 Å². The van der Waals surface area contributed by atoms with Crippen molar-refractivity contribution in [2.75, 3.05) is 11.9 Å². The number of aromatic nitrogens is 1. The molecule has 0 aliphatic heterocycles. The minimum atomic E-state index is -0.128. The molecule has 1 N–H and O–H groups in total. The third-order valence-corrected chi connectivity index (χ3v) is 5.49. The van der Waals surface area contributed by atoms with E-state index in [0.717, 1.165) is 39.2 Å². The van der Waals surface area contributed by atoms with E-state index < -0.39 is 0 Å². The lowest BCUT2D eigenvalue weighted by Crippen LogP contribution is -2.17. The monoisotopic (exact) mass is 428 g/mol. The van der Waals surface area contributed by atoms with Gasteiger partial charge in [-0.25, -0.2) is 0 Å². The molecule has 4 rings (SSSR count). The third-order valence-electron chi connectivity index (χ3n) is 5.49. The minimum absolute atomic E-state index is 0.128. The number of nitrogens with zero attached hydrogens (tertiary/aromatic N) is 1. The van der Waals surface area contributed by atoms with E-state index in [0.29, 0.717) is 25.5 Å². The van der Waals surface area contributed by atoms with Gasteiger partial charge in [0.1, 0.15) is 23.8 Å². The highest BCUT2D eigenvalue weighted by Crippen LogP contribution is 2.30. The van der Waals surface area contributed by atoms with Gasteiger partial charge in [0.05, 0.1) is 6.61 Å². The highest BCUT2D eigenvalue weighted by Gasteiger charge is 2.20. The maximum atomic E-state index is 13.2. The average molecular weight is 429 g/mol. The van der Waals surface area contributed by atoms with Crippen LogP contribution >= 0.6 is 0 Å². The highest BCUT2D eigenvalue weighted by atomic mass is 16.5. The lowest BCUT2D eigenvalue weighted by Gasteiger charge is -2.11. The largest absolute Gasteiger partial charge is 0.494 e.